The Morgan fingerprint density at radius 3 is 2.56 bits per heavy atom. The molecule has 0 fully saturated rings. The van der Waals surface area contributed by atoms with Gasteiger partial charge in [0, 0.05) is 19.2 Å². The van der Waals surface area contributed by atoms with Crippen LogP contribution in [0.15, 0.2) is 12.4 Å². The largest absolute Gasteiger partial charge is 0.391 e. The predicted octanol–water partition coefficient (Wildman–Crippen LogP) is 1.48. The minimum Gasteiger partial charge on any atom is -0.391 e. The monoisotopic (exact) mass is 224 g/mol. The number of aliphatic hydroxyl groups excluding tert-OH is 1. The van der Waals surface area contributed by atoms with Crippen molar-refractivity contribution >= 4 is 11.6 Å². The summed E-state index contributed by atoms with van der Waals surface area (Å²) in [5, 5.41) is 15.7. The zero-order valence-electron chi connectivity index (χ0n) is 9.90. The van der Waals surface area contributed by atoms with Crippen molar-refractivity contribution in [2.45, 2.75) is 32.8 Å². The van der Waals surface area contributed by atoms with E-state index in [1.807, 2.05) is 13.0 Å². The molecule has 0 aliphatic carbocycles. The lowest BCUT2D eigenvalue weighted by Gasteiger charge is -2.10. The van der Waals surface area contributed by atoms with Gasteiger partial charge in [0.05, 0.1) is 6.10 Å². The molecule has 0 saturated heterocycles. The summed E-state index contributed by atoms with van der Waals surface area (Å²) >= 11 is 0. The Morgan fingerprint density at radius 2 is 1.94 bits per heavy atom. The van der Waals surface area contributed by atoms with Gasteiger partial charge in [0.25, 0.3) is 0 Å². The SMILES string of the molecule is CCCNc1cc(NCC(O)CC)ncn1. The lowest BCUT2D eigenvalue weighted by atomic mass is 10.3. The molecule has 90 valence electrons. The molecule has 1 aromatic heterocycles. The van der Waals surface area contributed by atoms with Crippen LogP contribution in [0.2, 0.25) is 0 Å². The molecule has 1 rings (SSSR count). The summed E-state index contributed by atoms with van der Waals surface area (Å²) in [5.41, 5.74) is 0. The van der Waals surface area contributed by atoms with Gasteiger partial charge in [-0.25, -0.2) is 9.97 Å². The molecule has 0 bridgehead atoms. The second-order valence-corrected chi connectivity index (χ2v) is 3.66. The third-order valence-corrected chi connectivity index (χ3v) is 2.21. The van der Waals surface area contributed by atoms with Crippen molar-refractivity contribution in [1.82, 2.24) is 9.97 Å². The van der Waals surface area contributed by atoms with Crippen LogP contribution in [0, 0.1) is 0 Å². The summed E-state index contributed by atoms with van der Waals surface area (Å²) in [6.07, 6.45) is 2.97. The molecule has 0 aromatic carbocycles. The molecule has 1 heterocycles. The van der Waals surface area contributed by atoms with Crippen LogP contribution in [0.25, 0.3) is 0 Å². The summed E-state index contributed by atoms with van der Waals surface area (Å²) in [7, 11) is 0. The van der Waals surface area contributed by atoms with E-state index < -0.39 is 0 Å². The van der Waals surface area contributed by atoms with Crippen molar-refractivity contribution in [3.05, 3.63) is 12.4 Å². The Kier molecular flexibility index (Phi) is 5.56. The van der Waals surface area contributed by atoms with Crippen LogP contribution in [0.1, 0.15) is 26.7 Å². The minimum absolute atomic E-state index is 0.331. The average molecular weight is 224 g/mol. The number of hydrogen-bond donors (Lipinski definition) is 3. The van der Waals surface area contributed by atoms with Crippen molar-refractivity contribution < 1.29 is 5.11 Å². The van der Waals surface area contributed by atoms with Crippen LogP contribution in [-0.2, 0) is 0 Å². The fourth-order valence-electron chi connectivity index (χ4n) is 1.17. The molecule has 0 amide bonds. The maximum Gasteiger partial charge on any atom is 0.131 e. The number of aromatic nitrogens is 2. The summed E-state index contributed by atoms with van der Waals surface area (Å²) in [5.74, 6) is 1.55. The normalized spacial score (nSPS) is 12.2. The van der Waals surface area contributed by atoms with Crippen LogP contribution >= 0.6 is 0 Å². The molecule has 1 atom stereocenters. The van der Waals surface area contributed by atoms with Crippen LogP contribution < -0.4 is 10.6 Å². The first-order valence-electron chi connectivity index (χ1n) is 5.74. The van der Waals surface area contributed by atoms with Gasteiger partial charge in [0.1, 0.15) is 18.0 Å². The number of nitrogens with one attached hydrogen (secondary N) is 2. The van der Waals surface area contributed by atoms with E-state index in [0.717, 1.165) is 31.0 Å². The van der Waals surface area contributed by atoms with Crippen molar-refractivity contribution in [2.75, 3.05) is 23.7 Å². The van der Waals surface area contributed by atoms with Gasteiger partial charge in [-0.15, -0.1) is 0 Å². The second-order valence-electron chi connectivity index (χ2n) is 3.66. The van der Waals surface area contributed by atoms with Crippen molar-refractivity contribution in [2.24, 2.45) is 0 Å². The Hall–Kier alpha value is -1.36. The highest BCUT2D eigenvalue weighted by Crippen LogP contribution is 2.08. The predicted molar refractivity (Wildman–Crippen MR) is 65.6 cm³/mol. The van der Waals surface area contributed by atoms with E-state index in [4.69, 9.17) is 0 Å². The molecular formula is C11H20N4O. The van der Waals surface area contributed by atoms with Crippen LogP contribution in [-0.4, -0.2) is 34.3 Å². The Bertz CT molecular complexity index is 306. The summed E-state index contributed by atoms with van der Waals surface area (Å²) in [4.78, 5) is 8.18. The molecule has 3 N–H and O–H groups in total. The van der Waals surface area contributed by atoms with Gasteiger partial charge >= 0.3 is 0 Å². The first-order chi connectivity index (χ1) is 7.76. The molecule has 0 saturated carbocycles. The van der Waals surface area contributed by atoms with Gasteiger partial charge in [-0.1, -0.05) is 13.8 Å². The lowest BCUT2D eigenvalue weighted by molar-refractivity contribution is 0.183. The highest BCUT2D eigenvalue weighted by atomic mass is 16.3. The summed E-state index contributed by atoms with van der Waals surface area (Å²) in [6.45, 7) is 5.46. The summed E-state index contributed by atoms with van der Waals surface area (Å²) in [6, 6.07) is 1.85. The lowest BCUT2D eigenvalue weighted by Crippen LogP contribution is -2.18. The molecule has 16 heavy (non-hydrogen) atoms. The zero-order valence-corrected chi connectivity index (χ0v) is 9.90. The molecule has 0 spiro atoms. The standard InChI is InChI=1S/C11H20N4O/c1-3-5-12-10-6-11(15-8-14-10)13-7-9(16)4-2/h6,8-9,16H,3-5,7H2,1-2H3,(H2,12,13,14,15). The molecule has 5 nitrogen and oxygen atoms in total. The van der Waals surface area contributed by atoms with E-state index >= 15 is 0 Å². The Labute approximate surface area is 96.3 Å². The number of hydrogen-bond acceptors (Lipinski definition) is 5. The number of aliphatic hydroxyl groups is 1. The third kappa shape index (κ3) is 4.44. The van der Waals surface area contributed by atoms with Crippen molar-refractivity contribution in [3.8, 4) is 0 Å². The van der Waals surface area contributed by atoms with E-state index in [1.165, 1.54) is 6.33 Å². The number of nitrogens with zero attached hydrogens (tertiary/aromatic N) is 2. The fraction of sp³-hybridized carbons (Fsp3) is 0.636. The van der Waals surface area contributed by atoms with Gasteiger partial charge in [0.2, 0.25) is 0 Å². The maximum atomic E-state index is 9.41. The van der Waals surface area contributed by atoms with E-state index in [-0.39, 0.29) is 6.10 Å². The van der Waals surface area contributed by atoms with Crippen LogP contribution in [0.5, 0.6) is 0 Å². The van der Waals surface area contributed by atoms with Gasteiger partial charge in [-0.2, -0.15) is 0 Å². The first-order valence-corrected chi connectivity index (χ1v) is 5.74. The first kappa shape index (κ1) is 12.7. The van der Waals surface area contributed by atoms with Crippen molar-refractivity contribution in [1.29, 1.82) is 0 Å². The molecule has 5 heteroatoms. The van der Waals surface area contributed by atoms with Crippen LogP contribution in [0.3, 0.4) is 0 Å². The van der Waals surface area contributed by atoms with Gasteiger partial charge in [-0.3, -0.25) is 0 Å². The number of rotatable bonds is 7. The molecule has 0 radical (unpaired) electrons. The van der Waals surface area contributed by atoms with E-state index in [0.29, 0.717) is 6.54 Å². The smallest absolute Gasteiger partial charge is 0.131 e. The van der Waals surface area contributed by atoms with Gasteiger partial charge in [-0.05, 0) is 12.8 Å². The highest BCUT2D eigenvalue weighted by molar-refractivity contribution is 5.46. The molecule has 0 aliphatic heterocycles. The van der Waals surface area contributed by atoms with Gasteiger partial charge in [0.15, 0.2) is 0 Å². The molecule has 0 aliphatic rings. The van der Waals surface area contributed by atoms with E-state index in [9.17, 15) is 5.11 Å². The van der Waals surface area contributed by atoms with Gasteiger partial charge < -0.3 is 15.7 Å². The minimum atomic E-state index is -0.331. The molecular weight excluding hydrogens is 204 g/mol. The Morgan fingerprint density at radius 1 is 1.25 bits per heavy atom. The topological polar surface area (TPSA) is 70.1 Å². The molecule has 1 unspecified atom stereocenters. The van der Waals surface area contributed by atoms with Crippen molar-refractivity contribution in [3.63, 3.8) is 0 Å². The Balaban J connectivity index is 2.46. The highest BCUT2D eigenvalue weighted by Gasteiger charge is 2.01. The molecule has 1 aromatic rings. The van der Waals surface area contributed by atoms with E-state index in [1.54, 1.807) is 0 Å². The number of anilines is 2. The zero-order chi connectivity index (χ0) is 11.8. The summed E-state index contributed by atoms with van der Waals surface area (Å²) < 4.78 is 0. The average Bonchev–Trinajstić information content (AvgIpc) is 2.34. The third-order valence-electron chi connectivity index (χ3n) is 2.21. The van der Waals surface area contributed by atoms with E-state index in [2.05, 4.69) is 27.5 Å². The fourth-order valence-corrected chi connectivity index (χ4v) is 1.17. The van der Waals surface area contributed by atoms with Crippen LogP contribution in [0.4, 0.5) is 11.6 Å². The quantitative estimate of drug-likeness (QED) is 0.654. The second kappa shape index (κ2) is 7.00. The maximum absolute atomic E-state index is 9.41.